The Hall–Kier alpha value is -2.21. The van der Waals surface area contributed by atoms with Gasteiger partial charge in [-0.2, -0.15) is 0 Å². The zero-order valence-electron chi connectivity index (χ0n) is 16.3. The highest BCUT2D eigenvalue weighted by molar-refractivity contribution is 14.0. The van der Waals surface area contributed by atoms with Crippen molar-refractivity contribution in [1.82, 2.24) is 0 Å². The van der Waals surface area contributed by atoms with Crippen LogP contribution >= 0.6 is 24.0 Å². The summed E-state index contributed by atoms with van der Waals surface area (Å²) >= 11 is 0. The maximum Gasteiger partial charge on any atom is 0.237 e. The topological polar surface area (TPSA) is 106 Å². The number of anilines is 2. The van der Waals surface area contributed by atoms with Gasteiger partial charge in [0.25, 0.3) is 0 Å². The van der Waals surface area contributed by atoms with E-state index in [-0.39, 0.29) is 42.2 Å². The first-order chi connectivity index (χ1) is 13.4. The SMILES string of the molecule is COc1ccc(NC(N)=NCCS(=O)(=O)N2CCc3ccccc32)cc1OC.I. The fourth-order valence-corrected chi connectivity index (χ4v) is 4.48. The molecule has 0 fully saturated rings. The summed E-state index contributed by atoms with van der Waals surface area (Å²) in [5, 5.41) is 2.92. The molecule has 0 amide bonds. The van der Waals surface area contributed by atoms with Crippen LogP contribution in [0.3, 0.4) is 0 Å². The number of rotatable bonds is 7. The maximum absolute atomic E-state index is 12.7. The van der Waals surface area contributed by atoms with Crippen molar-refractivity contribution in [2.24, 2.45) is 10.7 Å². The van der Waals surface area contributed by atoms with Gasteiger partial charge in [-0.3, -0.25) is 9.30 Å². The molecule has 0 unspecified atom stereocenters. The minimum Gasteiger partial charge on any atom is -0.493 e. The van der Waals surface area contributed by atoms with Crippen LogP contribution in [0.5, 0.6) is 11.5 Å². The molecule has 3 N–H and O–H groups in total. The molecular formula is C19H25IN4O4S. The van der Waals surface area contributed by atoms with Crippen LogP contribution in [-0.4, -0.2) is 47.4 Å². The first kappa shape index (κ1) is 23.1. The lowest BCUT2D eigenvalue weighted by Gasteiger charge is -2.19. The van der Waals surface area contributed by atoms with E-state index in [9.17, 15) is 8.42 Å². The number of aliphatic imine (C=N–C) groups is 1. The van der Waals surface area contributed by atoms with Crippen molar-refractivity contribution in [3.63, 3.8) is 0 Å². The lowest BCUT2D eigenvalue weighted by molar-refractivity contribution is 0.355. The second-order valence-corrected chi connectivity index (χ2v) is 8.24. The molecule has 0 saturated heterocycles. The Morgan fingerprint density at radius 1 is 1.17 bits per heavy atom. The number of sulfonamides is 1. The minimum atomic E-state index is -3.46. The molecule has 0 saturated carbocycles. The quantitative estimate of drug-likeness (QED) is 0.323. The van der Waals surface area contributed by atoms with Crippen LogP contribution in [0.25, 0.3) is 0 Å². The first-order valence-electron chi connectivity index (χ1n) is 8.82. The number of halogens is 1. The summed E-state index contributed by atoms with van der Waals surface area (Å²) in [6.07, 6.45) is 0.724. The molecule has 1 heterocycles. The van der Waals surface area contributed by atoms with Crippen LogP contribution in [0.1, 0.15) is 5.56 Å². The number of hydrogen-bond acceptors (Lipinski definition) is 5. The van der Waals surface area contributed by atoms with Crippen molar-refractivity contribution in [3.8, 4) is 11.5 Å². The number of fused-ring (bicyclic) bond motifs is 1. The van der Waals surface area contributed by atoms with E-state index in [1.807, 2.05) is 24.3 Å². The average molecular weight is 532 g/mol. The number of nitrogens with one attached hydrogen (secondary N) is 1. The third kappa shape index (κ3) is 5.44. The Labute approximate surface area is 188 Å². The summed E-state index contributed by atoms with van der Waals surface area (Å²) in [6.45, 7) is 0.526. The van der Waals surface area contributed by atoms with E-state index in [1.165, 1.54) is 4.31 Å². The van der Waals surface area contributed by atoms with Gasteiger partial charge in [0.2, 0.25) is 10.0 Å². The van der Waals surface area contributed by atoms with E-state index in [0.29, 0.717) is 23.7 Å². The standard InChI is InChI=1S/C19H24N4O4S.HI/c1-26-17-8-7-15(13-18(17)27-2)22-19(20)21-10-12-28(24,25)23-11-9-14-5-3-4-6-16(14)23;/h3-8,13H,9-12H2,1-2H3,(H3,20,21,22);1H. The molecule has 0 aromatic heterocycles. The molecular weight excluding hydrogens is 507 g/mol. The third-order valence-electron chi connectivity index (χ3n) is 4.47. The summed E-state index contributed by atoms with van der Waals surface area (Å²) < 4.78 is 37.2. The Balaban J connectivity index is 0.00000300. The monoisotopic (exact) mass is 532 g/mol. The summed E-state index contributed by atoms with van der Waals surface area (Å²) in [5.41, 5.74) is 8.35. The number of methoxy groups -OCH3 is 2. The van der Waals surface area contributed by atoms with Crippen molar-refractivity contribution >= 4 is 51.3 Å². The third-order valence-corrected chi connectivity index (χ3v) is 6.22. The molecule has 0 atom stereocenters. The molecule has 0 spiro atoms. The zero-order valence-corrected chi connectivity index (χ0v) is 19.4. The fraction of sp³-hybridized carbons (Fsp3) is 0.316. The van der Waals surface area contributed by atoms with Crippen molar-refractivity contribution < 1.29 is 17.9 Å². The Morgan fingerprint density at radius 3 is 2.62 bits per heavy atom. The van der Waals surface area contributed by atoms with E-state index in [2.05, 4.69) is 10.3 Å². The van der Waals surface area contributed by atoms with Gasteiger partial charge in [0.15, 0.2) is 17.5 Å². The van der Waals surface area contributed by atoms with Crippen molar-refractivity contribution in [3.05, 3.63) is 48.0 Å². The van der Waals surface area contributed by atoms with Crippen LogP contribution in [0, 0.1) is 0 Å². The van der Waals surface area contributed by atoms with E-state index in [4.69, 9.17) is 15.2 Å². The minimum absolute atomic E-state index is 0. The summed E-state index contributed by atoms with van der Waals surface area (Å²) in [6, 6.07) is 12.8. The number of hydrogen-bond donors (Lipinski definition) is 2. The summed E-state index contributed by atoms with van der Waals surface area (Å²) in [7, 11) is -0.358. The number of nitrogens with two attached hydrogens (primary N) is 1. The molecule has 8 nitrogen and oxygen atoms in total. The molecule has 1 aliphatic rings. The Morgan fingerprint density at radius 2 is 1.90 bits per heavy atom. The van der Waals surface area contributed by atoms with E-state index in [0.717, 1.165) is 17.7 Å². The summed E-state index contributed by atoms with van der Waals surface area (Å²) in [5.74, 6) is 1.16. The maximum atomic E-state index is 12.7. The zero-order chi connectivity index (χ0) is 20.1. The predicted octanol–water partition coefficient (Wildman–Crippen LogP) is 2.44. The molecule has 2 aromatic rings. The van der Waals surface area contributed by atoms with E-state index >= 15 is 0 Å². The first-order valence-corrected chi connectivity index (χ1v) is 10.4. The van der Waals surface area contributed by atoms with Crippen LogP contribution in [0.4, 0.5) is 11.4 Å². The Kier molecular flexibility index (Phi) is 7.96. The highest BCUT2D eigenvalue weighted by atomic mass is 127. The van der Waals surface area contributed by atoms with Gasteiger partial charge >= 0.3 is 0 Å². The van der Waals surface area contributed by atoms with Gasteiger partial charge in [-0.25, -0.2) is 8.42 Å². The lowest BCUT2D eigenvalue weighted by atomic mass is 10.2. The number of nitrogens with zero attached hydrogens (tertiary/aromatic N) is 2. The van der Waals surface area contributed by atoms with Gasteiger partial charge < -0.3 is 20.5 Å². The molecule has 0 aliphatic carbocycles. The lowest BCUT2D eigenvalue weighted by Crippen LogP contribution is -2.33. The normalized spacial score (nSPS) is 13.4. The van der Waals surface area contributed by atoms with Crippen LogP contribution in [-0.2, 0) is 16.4 Å². The van der Waals surface area contributed by atoms with Crippen molar-refractivity contribution in [1.29, 1.82) is 0 Å². The second-order valence-electron chi connectivity index (χ2n) is 6.23. The molecule has 0 radical (unpaired) electrons. The number of para-hydroxylation sites is 1. The molecule has 10 heteroatoms. The van der Waals surface area contributed by atoms with Gasteiger partial charge in [0, 0.05) is 18.3 Å². The van der Waals surface area contributed by atoms with Gasteiger partial charge in [-0.05, 0) is 30.2 Å². The largest absolute Gasteiger partial charge is 0.493 e. The predicted molar refractivity (Wildman–Crippen MR) is 126 cm³/mol. The Bertz CT molecular complexity index is 982. The van der Waals surface area contributed by atoms with Crippen molar-refractivity contribution in [2.45, 2.75) is 6.42 Å². The highest BCUT2D eigenvalue weighted by Gasteiger charge is 2.28. The molecule has 2 aromatic carbocycles. The second kappa shape index (κ2) is 10.0. The van der Waals surface area contributed by atoms with Gasteiger partial charge in [-0.1, -0.05) is 18.2 Å². The van der Waals surface area contributed by atoms with Crippen LogP contribution in [0.2, 0.25) is 0 Å². The van der Waals surface area contributed by atoms with E-state index in [1.54, 1.807) is 32.4 Å². The number of ether oxygens (including phenoxy) is 2. The smallest absolute Gasteiger partial charge is 0.237 e. The van der Waals surface area contributed by atoms with Crippen LogP contribution in [0.15, 0.2) is 47.5 Å². The average Bonchev–Trinajstić information content (AvgIpc) is 3.12. The highest BCUT2D eigenvalue weighted by Crippen LogP contribution is 2.30. The fourth-order valence-electron chi connectivity index (χ4n) is 3.09. The molecule has 1 aliphatic heterocycles. The van der Waals surface area contributed by atoms with Gasteiger partial charge in [0.1, 0.15) is 0 Å². The van der Waals surface area contributed by atoms with Crippen molar-refractivity contribution in [2.75, 3.05) is 42.7 Å². The van der Waals surface area contributed by atoms with Gasteiger partial charge in [-0.15, -0.1) is 24.0 Å². The molecule has 3 rings (SSSR count). The van der Waals surface area contributed by atoms with E-state index < -0.39 is 10.0 Å². The van der Waals surface area contributed by atoms with Gasteiger partial charge in [0.05, 0.1) is 32.2 Å². The molecule has 0 bridgehead atoms. The molecule has 158 valence electrons. The van der Waals surface area contributed by atoms with Crippen LogP contribution < -0.4 is 24.8 Å². The number of guanidine groups is 1. The summed E-state index contributed by atoms with van der Waals surface area (Å²) in [4.78, 5) is 4.14. The molecule has 29 heavy (non-hydrogen) atoms. The number of benzene rings is 2.